The number of aliphatic hydroxyl groups excluding tert-OH is 11. The number of allylic oxidation sites excluding steroid dienone is 9. The summed E-state index contributed by atoms with van der Waals surface area (Å²) in [6.07, 6.45) is 16.9. The number of rotatable bonds is 39. The predicted octanol–water partition coefficient (Wildman–Crippen LogP) is 3.70. The monoisotopic (exact) mass is 1070 g/mol. The highest BCUT2D eigenvalue weighted by atomic mass is 16.8. The molecule has 1 amide bonds. The number of carbonyl (C=O) groups is 1. The topological polar surface area (TPSA) is 307 Å². The summed E-state index contributed by atoms with van der Waals surface area (Å²) in [6, 6.07) is -0.993. The zero-order chi connectivity index (χ0) is 54.8. The molecule has 3 aliphatic heterocycles. The Morgan fingerprint density at radius 1 is 0.480 bits per heavy atom. The summed E-state index contributed by atoms with van der Waals surface area (Å²) in [7, 11) is 0. The van der Waals surface area contributed by atoms with E-state index in [9.17, 15) is 61.0 Å². The van der Waals surface area contributed by atoms with Crippen LogP contribution in [0.15, 0.2) is 60.8 Å². The van der Waals surface area contributed by atoms with Crippen LogP contribution in [-0.4, -0.2) is 193 Å². The van der Waals surface area contributed by atoms with E-state index in [4.69, 9.17) is 28.4 Å². The first kappa shape index (κ1) is 66.8. The SMILES string of the molecule is CCC/C=C/CC/C=C/C(O)C(COC1OC(CO)C(OC2OC(CO)C(OC3OC(CO)C(O)C(O)C3O)C(O)C2O)C(O)C1O)NC(=O)CCCCCCCCCC/C=C\C/C=C\C/C=C\CCCCCCC. The lowest BCUT2D eigenvalue weighted by Crippen LogP contribution is -2.66. The van der Waals surface area contributed by atoms with E-state index in [1.165, 1.54) is 57.8 Å². The Balaban J connectivity index is 1.45. The molecule has 3 fully saturated rings. The van der Waals surface area contributed by atoms with Gasteiger partial charge >= 0.3 is 0 Å². The Morgan fingerprint density at radius 2 is 0.920 bits per heavy atom. The number of unbranched alkanes of at least 4 members (excludes halogenated alkanes) is 15. The van der Waals surface area contributed by atoms with Crippen LogP contribution in [0.4, 0.5) is 0 Å². The number of aliphatic hydroxyl groups is 11. The summed E-state index contributed by atoms with van der Waals surface area (Å²) in [5.41, 5.74) is 0. The summed E-state index contributed by atoms with van der Waals surface area (Å²) in [5.74, 6) is -0.301. The van der Waals surface area contributed by atoms with Gasteiger partial charge in [-0.25, -0.2) is 0 Å². The van der Waals surface area contributed by atoms with Gasteiger partial charge in [-0.05, 0) is 64.2 Å². The van der Waals surface area contributed by atoms with Crippen LogP contribution in [0.25, 0.3) is 0 Å². The first-order valence-corrected chi connectivity index (χ1v) is 28.0. The second-order valence-corrected chi connectivity index (χ2v) is 20.0. The van der Waals surface area contributed by atoms with Gasteiger partial charge in [0, 0.05) is 6.42 Å². The summed E-state index contributed by atoms with van der Waals surface area (Å²) in [6.45, 7) is 1.53. The highest BCUT2D eigenvalue weighted by Crippen LogP contribution is 2.33. The van der Waals surface area contributed by atoms with E-state index in [1.807, 2.05) is 0 Å². The number of ether oxygens (including phenoxy) is 6. The lowest BCUT2D eigenvalue weighted by molar-refractivity contribution is -0.379. The molecule has 19 nitrogen and oxygen atoms in total. The van der Waals surface area contributed by atoms with E-state index >= 15 is 0 Å². The Kier molecular flexibility index (Phi) is 35.4. The van der Waals surface area contributed by atoms with Gasteiger partial charge < -0.3 is 89.9 Å². The summed E-state index contributed by atoms with van der Waals surface area (Å²) in [4.78, 5) is 13.2. The number of carbonyl (C=O) groups excluding carboxylic acids is 1. The lowest BCUT2D eigenvalue weighted by Gasteiger charge is -2.48. The third-order valence-corrected chi connectivity index (χ3v) is 13.8. The average Bonchev–Trinajstić information content (AvgIpc) is 3.41. The Labute approximate surface area is 445 Å². The number of amides is 1. The molecule has 0 aromatic rings. The van der Waals surface area contributed by atoms with E-state index in [2.05, 4.69) is 67.8 Å². The zero-order valence-electron chi connectivity index (χ0n) is 44.8. The number of hydrogen-bond donors (Lipinski definition) is 12. The molecule has 0 aromatic carbocycles. The molecule has 0 spiro atoms. The third-order valence-electron chi connectivity index (χ3n) is 13.8. The molecule has 434 valence electrons. The predicted molar refractivity (Wildman–Crippen MR) is 282 cm³/mol. The van der Waals surface area contributed by atoms with Crippen LogP contribution < -0.4 is 5.32 Å². The van der Waals surface area contributed by atoms with Gasteiger partial charge in [-0.2, -0.15) is 0 Å². The molecule has 17 atom stereocenters. The third kappa shape index (κ3) is 24.6. The van der Waals surface area contributed by atoms with Gasteiger partial charge in [0.15, 0.2) is 18.9 Å². The van der Waals surface area contributed by atoms with Crippen molar-refractivity contribution in [2.45, 2.75) is 259 Å². The minimum absolute atomic E-state index is 0.223. The lowest BCUT2D eigenvalue weighted by atomic mass is 9.96. The Morgan fingerprint density at radius 3 is 1.47 bits per heavy atom. The highest BCUT2D eigenvalue weighted by Gasteiger charge is 2.53. The minimum atomic E-state index is -1.98. The standard InChI is InChI=1S/C56H97NO18/c1-3-5-7-9-11-12-13-14-15-16-17-18-19-20-21-22-23-24-25-26-28-30-32-34-44(62)57-39(40(61)33-31-29-27-10-8-6-4-2)38-70-54-50(68)47(65)52(42(36-59)72-54)75-56-51(69)48(66)53(43(37-60)73-56)74-55-49(67)46(64)45(63)41(35-58)71-55/h8,10,13-14,16-17,19-20,31,33,39-43,45-56,58-61,63-69H,3-7,9,11-12,15,18,21-30,32,34-38H2,1-2H3,(H,57,62)/b10-8+,14-13-,17-16-,20-19-,33-31+. The van der Waals surface area contributed by atoms with Crippen molar-refractivity contribution < 1.29 is 89.4 Å². The second-order valence-electron chi connectivity index (χ2n) is 20.0. The summed E-state index contributed by atoms with van der Waals surface area (Å²) < 4.78 is 34.0. The maximum atomic E-state index is 13.2. The molecule has 19 heteroatoms. The number of nitrogens with one attached hydrogen (secondary N) is 1. The molecule has 0 aromatic heterocycles. The van der Waals surface area contributed by atoms with Gasteiger partial charge in [0.05, 0.1) is 38.6 Å². The fourth-order valence-corrected chi connectivity index (χ4v) is 9.10. The minimum Gasteiger partial charge on any atom is -0.394 e. The van der Waals surface area contributed by atoms with E-state index in [-0.39, 0.29) is 18.9 Å². The van der Waals surface area contributed by atoms with E-state index in [0.29, 0.717) is 12.8 Å². The van der Waals surface area contributed by atoms with Crippen LogP contribution in [0.2, 0.25) is 0 Å². The molecule has 3 saturated heterocycles. The Bertz CT molecular complexity index is 1610. The van der Waals surface area contributed by atoms with E-state index < -0.39 is 124 Å². The highest BCUT2D eigenvalue weighted by molar-refractivity contribution is 5.76. The van der Waals surface area contributed by atoms with Crippen LogP contribution in [0, 0.1) is 0 Å². The smallest absolute Gasteiger partial charge is 0.220 e. The van der Waals surface area contributed by atoms with Crippen molar-refractivity contribution in [3.63, 3.8) is 0 Å². The first-order chi connectivity index (χ1) is 36.3. The average molecular weight is 1070 g/mol. The largest absolute Gasteiger partial charge is 0.394 e. The molecule has 0 radical (unpaired) electrons. The Hall–Kier alpha value is -2.51. The van der Waals surface area contributed by atoms with Gasteiger partial charge in [-0.1, -0.05) is 145 Å². The van der Waals surface area contributed by atoms with Gasteiger partial charge in [0.2, 0.25) is 5.91 Å². The van der Waals surface area contributed by atoms with Crippen molar-refractivity contribution in [2.75, 3.05) is 26.4 Å². The molecule has 0 saturated carbocycles. The van der Waals surface area contributed by atoms with Crippen molar-refractivity contribution >= 4 is 5.91 Å². The van der Waals surface area contributed by atoms with Gasteiger partial charge in [0.25, 0.3) is 0 Å². The molecule has 3 rings (SSSR count). The molecule has 17 unspecified atom stereocenters. The molecular weight excluding hydrogens is 975 g/mol. The fraction of sp³-hybridized carbons (Fsp3) is 0.804. The van der Waals surface area contributed by atoms with Crippen LogP contribution in [-0.2, 0) is 33.2 Å². The first-order valence-electron chi connectivity index (χ1n) is 28.0. The molecule has 75 heavy (non-hydrogen) atoms. The molecule has 12 N–H and O–H groups in total. The van der Waals surface area contributed by atoms with Crippen LogP contribution >= 0.6 is 0 Å². The van der Waals surface area contributed by atoms with Crippen molar-refractivity contribution in [1.82, 2.24) is 5.32 Å². The van der Waals surface area contributed by atoms with Gasteiger partial charge in [-0.3, -0.25) is 4.79 Å². The molecule has 0 bridgehead atoms. The van der Waals surface area contributed by atoms with Crippen molar-refractivity contribution in [3.8, 4) is 0 Å². The zero-order valence-corrected chi connectivity index (χ0v) is 44.8. The second kappa shape index (κ2) is 39.8. The maximum absolute atomic E-state index is 13.2. The van der Waals surface area contributed by atoms with Crippen LogP contribution in [0.5, 0.6) is 0 Å². The van der Waals surface area contributed by atoms with E-state index in [0.717, 1.165) is 64.2 Å². The quantitative estimate of drug-likeness (QED) is 0.0309. The molecule has 3 aliphatic rings. The fourth-order valence-electron chi connectivity index (χ4n) is 9.10. The number of hydrogen-bond acceptors (Lipinski definition) is 18. The summed E-state index contributed by atoms with van der Waals surface area (Å²) in [5, 5.41) is 119. The normalized spacial score (nSPS) is 31.7. The van der Waals surface area contributed by atoms with Crippen molar-refractivity contribution in [1.29, 1.82) is 0 Å². The van der Waals surface area contributed by atoms with E-state index in [1.54, 1.807) is 12.2 Å². The molecular formula is C56H97NO18. The maximum Gasteiger partial charge on any atom is 0.220 e. The van der Waals surface area contributed by atoms with Gasteiger partial charge in [-0.15, -0.1) is 0 Å². The molecule has 3 heterocycles. The molecule has 0 aliphatic carbocycles. The van der Waals surface area contributed by atoms with Crippen LogP contribution in [0.1, 0.15) is 155 Å². The van der Waals surface area contributed by atoms with Crippen molar-refractivity contribution in [2.24, 2.45) is 0 Å². The summed E-state index contributed by atoms with van der Waals surface area (Å²) >= 11 is 0. The van der Waals surface area contributed by atoms with Gasteiger partial charge in [0.1, 0.15) is 73.2 Å². The van der Waals surface area contributed by atoms with Crippen LogP contribution in [0.3, 0.4) is 0 Å². The van der Waals surface area contributed by atoms with Crippen molar-refractivity contribution in [3.05, 3.63) is 60.8 Å².